The van der Waals surface area contributed by atoms with E-state index in [9.17, 15) is 29.8 Å². The normalized spacial score (nSPS) is 10.1. The van der Waals surface area contributed by atoms with E-state index in [4.69, 9.17) is 11.6 Å². The van der Waals surface area contributed by atoms with Gasteiger partial charge in [-0.3, -0.25) is 51.5 Å². The monoisotopic (exact) mass is 472 g/mol. The molecule has 0 unspecified atom stereocenters. The molecule has 33 heavy (non-hydrogen) atoms. The Morgan fingerprint density at radius 1 is 0.848 bits per heavy atom. The van der Waals surface area contributed by atoms with Gasteiger partial charge in [-0.05, 0) is 18.2 Å². The minimum absolute atomic E-state index is 0.0706. The first-order valence-corrected chi connectivity index (χ1v) is 9.27. The molecule has 1 heterocycles. The Morgan fingerprint density at radius 2 is 1.48 bits per heavy atom. The summed E-state index contributed by atoms with van der Waals surface area (Å²) in [6.07, 6.45) is 0.943. The maximum absolute atomic E-state index is 12.3. The summed E-state index contributed by atoms with van der Waals surface area (Å²) in [6, 6.07) is 11.0. The zero-order valence-electron chi connectivity index (χ0n) is 16.3. The van der Waals surface area contributed by atoms with E-state index in [-0.39, 0.29) is 27.7 Å². The van der Waals surface area contributed by atoms with E-state index in [0.29, 0.717) is 0 Å². The third-order valence-electron chi connectivity index (χ3n) is 4.03. The number of carbonyl (C=O) groups is 2. The summed E-state index contributed by atoms with van der Waals surface area (Å²) in [7, 11) is 0. The van der Waals surface area contributed by atoms with Crippen LogP contribution in [0.1, 0.15) is 20.7 Å². The van der Waals surface area contributed by atoms with Crippen LogP contribution in [-0.4, -0.2) is 31.6 Å². The number of non-ortho nitro benzene ring substituents is 1. The van der Waals surface area contributed by atoms with E-state index in [1.165, 1.54) is 30.3 Å². The Hall–Kier alpha value is -4.85. The van der Waals surface area contributed by atoms with Crippen molar-refractivity contribution in [2.75, 3.05) is 10.9 Å². The largest absolute Gasteiger partial charge is 0.356 e. The number of anilines is 2. The molecular formula is C18H13ClN8O6. The molecule has 0 saturated heterocycles. The number of hydrazine groups is 2. The van der Waals surface area contributed by atoms with Gasteiger partial charge in [0, 0.05) is 17.7 Å². The molecule has 0 radical (unpaired) electrons. The number of hydrogen-bond acceptors (Lipinski definition) is 10. The molecule has 4 N–H and O–H groups in total. The zero-order valence-corrected chi connectivity index (χ0v) is 17.1. The minimum Gasteiger partial charge on any atom is -0.276 e. The molecule has 2 aromatic carbocycles. The summed E-state index contributed by atoms with van der Waals surface area (Å²) in [5, 5.41) is 22.6. The Kier molecular flexibility index (Phi) is 6.90. The van der Waals surface area contributed by atoms with Gasteiger partial charge in [0.05, 0.1) is 20.4 Å². The van der Waals surface area contributed by atoms with Crippen molar-refractivity contribution in [2.24, 2.45) is 0 Å². The molecule has 3 aromatic rings. The van der Waals surface area contributed by atoms with Gasteiger partial charge in [-0.2, -0.15) is 0 Å². The fourth-order valence-corrected chi connectivity index (χ4v) is 2.73. The van der Waals surface area contributed by atoms with Crippen LogP contribution in [0.3, 0.4) is 0 Å². The second-order valence-corrected chi connectivity index (χ2v) is 6.53. The number of nitro groups is 2. The number of nitrogens with zero attached hydrogens (tertiary/aromatic N) is 4. The second-order valence-electron chi connectivity index (χ2n) is 6.12. The summed E-state index contributed by atoms with van der Waals surface area (Å²) >= 11 is 5.95. The summed E-state index contributed by atoms with van der Waals surface area (Å²) in [5.41, 5.74) is 8.04. The van der Waals surface area contributed by atoms with E-state index in [2.05, 4.69) is 31.7 Å². The number of hydrogen-bond donors (Lipinski definition) is 4. The molecule has 0 spiro atoms. The highest BCUT2D eigenvalue weighted by Gasteiger charge is 2.24. The molecule has 0 aliphatic heterocycles. The quantitative estimate of drug-likeness (QED) is 0.279. The maximum Gasteiger partial charge on any atom is 0.356 e. The Morgan fingerprint density at radius 3 is 2.09 bits per heavy atom. The molecule has 0 aliphatic rings. The molecule has 0 bridgehead atoms. The van der Waals surface area contributed by atoms with Gasteiger partial charge in [-0.1, -0.05) is 29.8 Å². The highest BCUT2D eigenvalue weighted by atomic mass is 35.5. The zero-order chi connectivity index (χ0) is 24.0. The standard InChI is InChI=1S/C18H13ClN8O6/c19-13-7-2-1-6-12(13)18(29)25-23-16-14(27(32)33)15(20-9-21-16)22-24-17(28)10-4-3-5-11(8-10)26(30)31/h1-9H,(H,24,28)(H,25,29)(H2,20,21,22,23). The predicted molar refractivity (Wildman–Crippen MR) is 115 cm³/mol. The van der Waals surface area contributed by atoms with Crippen molar-refractivity contribution in [1.29, 1.82) is 0 Å². The number of nitro benzene ring substituents is 1. The van der Waals surface area contributed by atoms with Crippen LogP contribution in [0.25, 0.3) is 0 Å². The number of carbonyl (C=O) groups excluding carboxylic acids is 2. The van der Waals surface area contributed by atoms with E-state index in [0.717, 1.165) is 12.4 Å². The predicted octanol–water partition coefficient (Wildman–Crippen LogP) is 2.46. The van der Waals surface area contributed by atoms with Gasteiger partial charge in [-0.15, -0.1) is 0 Å². The number of benzene rings is 2. The average molecular weight is 473 g/mol. The van der Waals surface area contributed by atoms with Crippen LogP contribution in [0.15, 0.2) is 54.9 Å². The van der Waals surface area contributed by atoms with Crippen molar-refractivity contribution in [3.63, 3.8) is 0 Å². The fraction of sp³-hybridized carbons (Fsp3) is 0. The number of halogens is 1. The molecular weight excluding hydrogens is 460 g/mol. The lowest BCUT2D eigenvalue weighted by atomic mass is 10.2. The molecule has 3 rings (SSSR count). The molecule has 0 fully saturated rings. The SMILES string of the molecule is O=C(NNc1ncnc(NNC(=O)c2ccccc2Cl)c1[N+](=O)[O-])c1cccc([N+](=O)[O-])c1. The number of amides is 2. The van der Waals surface area contributed by atoms with E-state index in [1.54, 1.807) is 12.1 Å². The summed E-state index contributed by atoms with van der Waals surface area (Å²) in [5.74, 6) is -2.29. The van der Waals surface area contributed by atoms with E-state index < -0.39 is 33.2 Å². The van der Waals surface area contributed by atoms with Gasteiger partial charge in [-0.25, -0.2) is 9.97 Å². The maximum atomic E-state index is 12.3. The first-order valence-electron chi connectivity index (χ1n) is 8.89. The van der Waals surface area contributed by atoms with Gasteiger partial charge >= 0.3 is 5.69 Å². The Labute approximate surface area is 189 Å². The third-order valence-corrected chi connectivity index (χ3v) is 4.36. The van der Waals surface area contributed by atoms with Crippen molar-refractivity contribution in [1.82, 2.24) is 20.8 Å². The highest BCUT2D eigenvalue weighted by Crippen LogP contribution is 2.28. The Balaban J connectivity index is 1.75. The smallest absolute Gasteiger partial charge is 0.276 e. The minimum atomic E-state index is -0.841. The number of rotatable bonds is 8. The number of aromatic nitrogens is 2. The number of nitrogens with one attached hydrogen (secondary N) is 4. The van der Waals surface area contributed by atoms with Crippen LogP contribution in [0, 0.1) is 20.2 Å². The molecule has 0 atom stereocenters. The van der Waals surface area contributed by atoms with Gasteiger partial charge in [0.1, 0.15) is 6.33 Å². The molecule has 1 aromatic heterocycles. The van der Waals surface area contributed by atoms with Gasteiger partial charge in [0.15, 0.2) is 0 Å². The second kappa shape index (κ2) is 9.97. The van der Waals surface area contributed by atoms with Crippen LogP contribution < -0.4 is 21.7 Å². The average Bonchev–Trinajstić information content (AvgIpc) is 2.81. The van der Waals surface area contributed by atoms with Gasteiger partial charge in [0.25, 0.3) is 17.5 Å². The van der Waals surface area contributed by atoms with Crippen molar-refractivity contribution in [2.45, 2.75) is 0 Å². The molecule has 0 saturated carbocycles. The lowest BCUT2D eigenvalue weighted by Crippen LogP contribution is -2.32. The molecule has 0 aliphatic carbocycles. The fourth-order valence-electron chi connectivity index (χ4n) is 2.51. The summed E-state index contributed by atoms with van der Waals surface area (Å²) < 4.78 is 0. The highest BCUT2D eigenvalue weighted by molar-refractivity contribution is 6.33. The summed E-state index contributed by atoms with van der Waals surface area (Å²) in [6.45, 7) is 0. The third kappa shape index (κ3) is 5.45. The van der Waals surface area contributed by atoms with E-state index >= 15 is 0 Å². The van der Waals surface area contributed by atoms with Crippen molar-refractivity contribution >= 4 is 46.4 Å². The molecule has 2 amide bonds. The van der Waals surface area contributed by atoms with Crippen LogP contribution in [0.5, 0.6) is 0 Å². The first kappa shape index (κ1) is 22.8. The van der Waals surface area contributed by atoms with Crippen molar-refractivity contribution in [3.8, 4) is 0 Å². The molecule has 14 nitrogen and oxygen atoms in total. The van der Waals surface area contributed by atoms with Crippen LogP contribution in [0.2, 0.25) is 5.02 Å². The molecule has 168 valence electrons. The lowest BCUT2D eigenvalue weighted by molar-refractivity contribution is -0.384. The first-order chi connectivity index (χ1) is 15.8. The van der Waals surface area contributed by atoms with Crippen LogP contribution >= 0.6 is 11.6 Å². The summed E-state index contributed by atoms with van der Waals surface area (Å²) in [4.78, 5) is 52.9. The van der Waals surface area contributed by atoms with Gasteiger partial charge < -0.3 is 0 Å². The van der Waals surface area contributed by atoms with Crippen molar-refractivity contribution in [3.05, 3.63) is 91.2 Å². The van der Waals surface area contributed by atoms with Gasteiger partial charge in [0.2, 0.25) is 11.6 Å². The van der Waals surface area contributed by atoms with Crippen LogP contribution in [-0.2, 0) is 0 Å². The Bertz CT molecular complexity index is 1250. The lowest BCUT2D eigenvalue weighted by Gasteiger charge is -2.12. The van der Waals surface area contributed by atoms with E-state index in [1.807, 2.05) is 0 Å². The molecule has 15 heteroatoms. The van der Waals surface area contributed by atoms with Crippen molar-refractivity contribution < 1.29 is 19.4 Å². The topological polar surface area (TPSA) is 194 Å². The van der Waals surface area contributed by atoms with Crippen LogP contribution in [0.4, 0.5) is 23.0 Å².